The largest absolute Gasteiger partial charge is 2.00 e. The molecule has 0 saturated heterocycles. The summed E-state index contributed by atoms with van der Waals surface area (Å²) in [5.74, 6) is 0.723. The van der Waals surface area contributed by atoms with Gasteiger partial charge in [0.25, 0.3) is 0 Å². The molecular weight excluding hydrogens is 272 g/mol. The van der Waals surface area contributed by atoms with Crippen LogP contribution in [0, 0.1) is 23.2 Å². The fraction of sp³-hybridized carbons (Fsp3) is 0.833. The Morgan fingerprint density at radius 1 is 1.00 bits per heavy atom. The molecule has 17 heavy (non-hydrogen) atoms. The van der Waals surface area contributed by atoms with Gasteiger partial charge in [-0.2, -0.15) is 0 Å². The van der Waals surface area contributed by atoms with Crippen LogP contribution in [0.5, 0.6) is 0 Å². The Kier molecular flexibility index (Phi) is 3.43. The zero-order chi connectivity index (χ0) is 11.3. The second kappa shape index (κ2) is 4.43. The summed E-state index contributed by atoms with van der Waals surface area (Å²) in [6.45, 7) is 0. The van der Waals surface area contributed by atoms with Crippen LogP contribution in [-0.2, 0) is 29.1 Å². The van der Waals surface area contributed by atoms with Gasteiger partial charge in [0, 0.05) is 5.41 Å². The zero-order valence-corrected chi connectivity index (χ0v) is 12.9. The smallest absolute Gasteiger partial charge is 0.288 e. The van der Waals surface area contributed by atoms with Crippen molar-refractivity contribution < 1.29 is 34.3 Å². The van der Waals surface area contributed by atoms with E-state index in [1.807, 2.05) is 0 Å². The standard InChI is InChI=1S/C12H17NO3.Zn/c14-10(11(15)13-16)12-4-7-1-8(5-12)3-9(2-7)6-12;/h7-9,16H,1-6H2,(H,13,15);/q;+2. The van der Waals surface area contributed by atoms with E-state index >= 15 is 0 Å². The van der Waals surface area contributed by atoms with E-state index in [0.29, 0.717) is 17.8 Å². The molecule has 0 unspecified atom stereocenters. The van der Waals surface area contributed by atoms with E-state index in [4.69, 9.17) is 5.21 Å². The molecule has 88 valence electrons. The normalized spacial score (nSPS) is 41.8. The number of hydrogen-bond acceptors (Lipinski definition) is 3. The van der Waals surface area contributed by atoms with Crippen molar-refractivity contribution in [2.75, 3.05) is 0 Å². The SMILES string of the molecule is O=C(NO)C(=O)C12CC3CC(CC(C3)C1)C2.[Zn+2]. The number of nitrogens with one attached hydrogen (secondary N) is 1. The first kappa shape index (κ1) is 13.2. The van der Waals surface area contributed by atoms with Gasteiger partial charge in [-0.1, -0.05) is 0 Å². The average Bonchev–Trinajstić information content (AvgIpc) is 2.25. The molecule has 4 nitrogen and oxygen atoms in total. The third kappa shape index (κ3) is 1.97. The van der Waals surface area contributed by atoms with E-state index in [-0.39, 0.29) is 25.3 Å². The van der Waals surface area contributed by atoms with Gasteiger partial charge in [0.2, 0.25) is 5.78 Å². The molecule has 4 fully saturated rings. The minimum absolute atomic E-state index is 0. The van der Waals surface area contributed by atoms with Crippen molar-refractivity contribution in [3.8, 4) is 0 Å². The fourth-order valence-electron chi connectivity index (χ4n) is 4.68. The number of rotatable bonds is 2. The number of carbonyl (C=O) groups excluding carboxylic acids is 2. The van der Waals surface area contributed by atoms with Crippen LogP contribution >= 0.6 is 0 Å². The molecule has 1 amide bonds. The van der Waals surface area contributed by atoms with Crippen LogP contribution in [0.15, 0.2) is 0 Å². The summed E-state index contributed by atoms with van der Waals surface area (Å²) in [5, 5.41) is 8.59. The second-order valence-electron chi connectivity index (χ2n) is 5.97. The Labute approximate surface area is 113 Å². The first-order valence-electron chi connectivity index (χ1n) is 6.12. The number of amides is 1. The van der Waals surface area contributed by atoms with Crippen LogP contribution in [0.25, 0.3) is 0 Å². The minimum atomic E-state index is -0.818. The Morgan fingerprint density at radius 3 is 1.76 bits per heavy atom. The van der Waals surface area contributed by atoms with Gasteiger partial charge in [-0.3, -0.25) is 14.8 Å². The molecule has 0 spiro atoms. The molecule has 0 aromatic heterocycles. The molecule has 0 aromatic carbocycles. The minimum Gasteiger partial charge on any atom is -0.288 e. The molecule has 0 heterocycles. The Balaban J connectivity index is 0.00000108. The van der Waals surface area contributed by atoms with Crippen molar-refractivity contribution in [2.24, 2.45) is 23.2 Å². The van der Waals surface area contributed by atoms with Crippen molar-refractivity contribution in [3.05, 3.63) is 0 Å². The van der Waals surface area contributed by atoms with E-state index in [0.717, 1.165) is 19.3 Å². The van der Waals surface area contributed by atoms with Crippen molar-refractivity contribution in [3.63, 3.8) is 0 Å². The van der Waals surface area contributed by atoms with Gasteiger partial charge < -0.3 is 0 Å². The molecule has 0 aromatic rings. The molecule has 2 N–H and O–H groups in total. The third-order valence-corrected chi connectivity index (χ3v) is 4.83. The summed E-state index contributed by atoms with van der Waals surface area (Å²) in [7, 11) is 0. The van der Waals surface area contributed by atoms with Gasteiger partial charge in [-0.05, 0) is 56.3 Å². The number of Topliss-reactive ketones (excluding diaryl/α,β-unsaturated/α-hetero) is 1. The van der Waals surface area contributed by atoms with Crippen LogP contribution < -0.4 is 5.48 Å². The van der Waals surface area contributed by atoms with Crippen LogP contribution in [0.1, 0.15) is 38.5 Å². The van der Waals surface area contributed by atoms with Gasteiger partial charge >= 0.3 is 25.4 Å². The zero-order valence-electron chi connectivity index (χ0n) is 9.95. The first-order valence-corrected chi connectivity index (χ1v) is 6.12. The van der Waals surface area contributed by atoms with Gasteiger partial charge in [0.05, 0.1) is 0 Å². The monoisotopic (exact) mass is 287 g/mol. The van der Waals surface area contributed by atoms with Gasteiger partial charge in [-0.25, -0.2) is 5.48 Å². The molecule has 4 rings (SSSR count). The molecular formula is C12H17NO3Zn+2. The fourth-order valence-corrected chi connectivity index (χ4v) is 4.68. The molecule has 0 radical (unpaired) electrons. The predicted molar refractivity (Wildman–Crippen MR) is 55.5 cm³/mol. The maximum Gasteiger partial charge on any atom is 2.00 e. The predicted octanol–water partition coefficient (Wildman–Crippen LogP) is 1.27. The van der Waals surface area contributed by atoms with Gasteiger partial charge in [0.15, 0.2) is 0 Å². The van der Waals surface area contributed by atoms with E-state index in [9.17, 15) is 9.59 Å². The molecule has 4 saturated carbocycles. The molecule has 0 aliphatic heterocycles. The summed E-state index contributed by atoms with van der Waals surface area (Å²) in [5.41, 5.74) is 1.07. The number of carbonyl (C=O) groups is 2. The molecule has 5 heteroatoms. The van der Waals surface area contributed by atoms with Crippen molar-refractivity contribution in [2.45, 2.75) is 38.5 Å². The third-order valence-electron chi connectivity index (χ3n) is 4.83. The first-order chi connectivity index (χ1) is 7.63. The van der Waals surface area contributed by atoms with E-state index in [1.54, 1.807) is 0 Å². The maximum atomic E-state index is 12.1. The second-order valence-corrected chi connectivity index (χ2v) is 5.97. The summed E-state index contributed by atoms with van der Waals surface area (Å²) < 4.78 is 0. The Hall–Kier alpha value is -0.277. The Bertz CT molecular complexity index is 320. The number of hydroxylamine groups is 1. The van der Waals surface area contributed by atoms with Gasteiger partial charge in [0.1, 0.15) is 0 Å². The van der Waals surface area contributed by atoms with Crippen molar-refractivity contribution >= 4 is 11.7 Å². The molecule has 4 bridgehead atoms. The Morgan fingerprint density at radius 2 is 1.41 bits per heavy atom. The summed E-state index contributed by atoms with van der Waals surface area (Å²) in [6, 6.07) is 0. The molecule has 4 aliphatic carbocycles. The molecule has 4 aliphatic rings. The van der Waals surface area contributed by atoms with Crippen molar-refractivity contribution in [1.29, 1.82) is 0 Å². The van der Waals surface area contributed by atoms with Crippen LogP contribution in [0.2, 0.25) is 0 Å². The average molecular weight is 289 g/mol. The summed E-state index contributed by atoms with van der Waals surface area (Å²) >= 11 is 0. The summed E-state index contributed by atoms with van der Waals surface area (Å²) in [6.07, 6.45) is 6.33. The van der Waals surface area contributed by atoms with Crippen LogP contribution in [0.3, 0.4) is 0 Å². The van der Waals surface area contributed by atoms with Crippen molar-refractivity contribution in [1.82, 2.24) is 5.48 Å². The number of hydrogen-bond donors (Lipinski definition) is 2. The van der Waals surface area contributed by atoms with E-state index in [1.165, 1.54) is 24.7 Å². The van der Waals surface area contributed by atoms with E-state index < -0.39 is 11.3 Å². The van der Waals surface area contributed by atoms with Gasteiger partial charge in [-0.15, -0.1) is 0 Å². The maximum absolute atomic E-state index is 12.1. The topological polar surface area (TPSA) is 66.4 Å². The number of ketones is 1. The quantitative estimate of drug-likeness (QED) is 0.348. The van der Waals surface area contributed by atoms with E-state index in [2.05, 4.69) is 0 Å². The summed E-state index contributed by atoms with van der Waals surface area (Å²) in [4.78, 5) is 23.4. The molecule has 0 atom stereocenters. The van der Waals surface area contributed by atoms with Crippen LogP contribution in [-0.4, -0.2) is 16.9 Å². The van der Waals surface area contributed by atoms with Crippen LogP contribution in [0.4, 0.5) is 0 Å².